The Morgan fingerprint density at radius 2 is 2.21 bits per heavy atom. The maximum atomic E-state index is 12.8. The summed E-state index contributed by atoms with van der Waals surface area (Å²) >= 11 is 0. The Morgan fingerprint density at radius 3 is 2.86 bits per heavy atom. The number of halogens is 1. The second-order valence-electron chi connectivity index (χ2n) is 3.04. The molecule has 0 aliphatic carbocycles. The first kappa shape index (κ1) is 10.7. The molecular formula is C11H14FNO. The number of aromatic hydroxyl groups is 1. The van der Waals surface area contributed by atoms with E-state index >= 15 is 0 Å². The highest BCUT2D eigenvalue weighted by molar-refractivity contribution is 5.51. The van der Waals surface area contributed by atoms with Gasteiger partial charge in [0.25, 0.3) is 0 Å². The second kappa shape index (κ2) is 5.40. The first-order valence-electron chi connectivity index (χ1n) is 4.53. The Kier molecular flexibility index (Phi) is 4.13. The Bertz CT molecular complexity index is 303. The fourth-order valence-corrected chi connectivity index (χ4v) is 1.14. The summed E-state index contributed by atoms with van der Waals surface area (Å²) < 4.78 is 12.8. The predicted octanol–water partition coefficient (Wildman–Crippen LogP) is 2.15. The highest BCUT2D eigenvalue weighted by Gasteiger charge is 1.95. The van der Waals surface area contributed by atoms with Gasteiger partial charge in [0.05, 0.1) is 0 Å². The molecule has 0 aliphatic rings. The molecule has 1 aromatic carbocycles. The van der Waals surface area contributed by atoms with Crippen LogP contribution < -0.4 is 5.32 Å². The zero-order valence-corrected chi connectivity index (χ0v) is 8.13. The Balaban J connectivity index is 2.62. The summed E-state index contributed by atoms with van der Waals surface area (Å²) in [5.41, 5.74) is 0.679. The number of benzene rings is 1. The van der Waals surface area contributed by atoms with Crippen molar-refractivity contribution in [1.29, 1.82) is 0 Å². The number of phenolic OH excluding ortho intramolecular Hbond substituents is 1. The van der Waals surface area contributed by atoms with Crippen LogP contribution in [0.15, 0.2) is 24.3 Å². The molecule has 0 bridgehead atoms. The van der Waals surface area contributed by atoms with Crippen molar-refractivity contribution in [2.45, 2.75) is 6.42 Å². The van der Waals surface area contributed by atoms with Crippen LogP contribution in [0.2, 0.25) is 0 Å². The molecule has 0 aliphatic heterocycles. The molecular weight excluding hydrogens is 181 g/mol. The van der Waals surface area contributed by atoms with Gasteiger partial charge >= 0.3 is 0 Å². The van der Waals surface area contributed by atoms with E-state index in [-0.39, 0.29) is 5.75 Å². The molecule has 14 heavy (non-hydrogen) atoms. The van der Waals surface area contributed by atoms with E-state index in [1.807, 2.05) is 13.1 Å². The number of hydrogen-bond donors (Lipinski definition) is 2. The molecule has 0 amide bonds. The molecule has 76 valence electrons. The summed E-state index contributed by atoms with van der Waals surface area (Å²) in [6.45, 7) is 0.887. The van der Waals surface area contributed by atoms with E-state index in [2.05, 4.69) is 5.32 Å². The average molecular weight is 195 g/mol. The molecule has 1 rings (SSSR count). The Labute approximate surface area is 83.1 Å². The lowest BCUT2D eigenvalue weighted by Crippen LogP contribution is -2.05. The van der Waals surface area contributed by atoms with Crippen LogP contribution >= 0.6 is 0 Å². The molecule has 0 aromatic heterocycles. The van der Waals surface area contributed by atoms with Crippen molar-refractivity contribution in [1.82, 2.24) is 5.32 Å². The molecule has 0 fully saturated rings. The van der Waals surface area contributed by atoms with Crippen molar-refractivity contribution in [2.75, 3.05) is 13.6 Å². The third kappa shape index (κ3) is 3.58. The van der Waals surface area contributed by atoms with Crippen LogP contribution in [0.3, 0.4) is 0 Å². The first-order chi connectivity index (χ1) is 6.72. The third-order valence-corrected chi connectivity index (χ3v) is 1.78. The lowest BCUT2D eigenvalue weighted by atomic mass is 10.2. The van der Waals surface area contributed by atoms with Gasteiger partial charge in [-0.15, -0.1) is 0 Å². The zero-order valence-electron chi connectivity index (χ0n) is 8.13. The minimum atomic E-state index is -0.418. The third-order valence-electron chi connectivity index (χ3n) is 1.78. The van der Waals surface area contributed by atoms with E-state index in [1.54, 1.807) is 6.08 Å². The number of rotatable bonds is 4. The lowest BCUT2D eigenvalue weighted by Gasteiger charge is -1.97. The van der Waals surface area contributed by atoms with Crippen molar-refractivity contribution in [3.63, 3.8) is 0 Å². The lowest BCUT2D eigenvalue weighted by molar-refractivity contribution is 0.469. The van der Waals surface area contributed by atoms with Crippen LogP contribution in [-0.2, 0) is 0 Å². The summed E-state index contributed by atoms with van der Waals surface area (Å²) in [6, 6.07) is 4.00. The van der Waals surface area contributed by atoms with Gasteiger partial charge in [-0.2, -0.15) is 0 Å². The fourth-order valence-electron chi connectivity index (χ4n) is 1.14. The van der Waals surface area contributed by atoms with Crippen molar-refractivity contribution < 1.29 is 9.50 Å². The molecule has 0 atom stereocenters. The fraction of sp³-hybridized carbons (Fsp3) is 0.273. The van der Waals surface area contributed by atoms with Crippen molar-refractivity contribution in [3.05, 3.63) is 35.7 Å². The van der Waals surface area contributed by atoms with Crippen molar-refractivity contribution in [3.8, 4) is 5.75 Å². The SMILES string of the molecule is CNCCC=Cc1cc(O)cc(F)c1. The minimum Gasteiger partial charge on any atom is -0.508 e. The molecule has 1 aromatic rings. The summed E-state index contributed by atoms with van der Waals surface area (Å²) in [4.78, 5) is 0. The molecule has 0 heterocycles. The van der Waals surface area contributed by atoms with Gasteiger partial charge in [0.2, 0.25) is 0 Å². The van der Waals surface area contributed by atoms with E-state index in [0.717, 1.165) is 19.0 Å². The highest BCUT2D eigenvalue weighted by atomic mass is 19.1. The van der Waals surface area contributed by atoms with Gasteiger partial charge in [-0.3, -0.25) is 0 Å². The zero-order chi connectivity index (χ0) is 10.4. The van der Waals surface area contributed by atoms with Gasteiger partial charge in [-0.25, -0.2) is 4.39 Å². The van der Waals surface area contributed by atoms with Crippen LogP contribution in [0.1, 0.15) is 12.0 Å². The molecule has 2 nitrogen and oxygen atoms in total. The van der Waals surface area contributed by atoms with Crippen LogP contribution in [0, 0.1) is 5.82 Å². The van der Waals surface area contributed by atoms with Gasteiger partial charge < -0.3 is 10.4 Å². The maximum absolute atomic E-state index is 12.8. The molecule has 0 unspecified atom stereocenters. The van der Waals surface area contributed by atoms with Gasteiger partial charge in [-0.05, 0) is 37.7 Å². The largest absolute Gasteiger partial charge is 0.508 e. The molecule has 3 heteroatoms. The topological polar surface area (TPSA) is 32.3 Å². The normalized spacial score (nSPS) is 11.0. The quantitative estimate of drug-likeness (QED) is 0.721. The van der Waals surface area contributed by atoms with Crippen LogP contribution in [-0.4, -0.2) is 18.7 Å². The second-order valence-corrected chi connectivity index (χ2v) is 3.04. The van der Waals surface area contributed by atoms with Crippen LogP contribution in [0.5, 0.6) is 5.75 Å². The van der Waals surface area contributed by atoms with Gasteiger partial charge in [0.1, 0.15) is 11.6 Å². The predicted molar refractivity (Wildman–Crippen MR) is 55.6 cm³/mol. The standard InChI is InChI=1S/C11H14FNO/c1-13-5-3-2-4-9-6-10(12)8-11(14)7-9/h2,4,6-8,13-14H,3,5H2,1H3. The van der Waals surface area contributed by atoms with Gasteiger partial charge in [0, 0.05) is 6.07 Å². The van der Waals surface area contributed by atoms with Gasteiger partial charge in [-0.1, -0.05) is 12.2 Å². The average Bonchev–Trinajstić information content (AvgIpc) is 2.11. The smallest absolute Gasteiger partial charge is 0.127 e. The van der Waals surface area contributed by atoms with E-state index < -0.39 is 5.82 Å². The number of phenols is 1. The van der Waals surface area contributed by atoms with E-state index in [1.165, 1.54) is 12.1 Å². The Hall–Kier alpha value is -1.35. The first-order valence-corrected chi connectivity index (χ1v) is 4.53. The summed E-state index contributed by atoms with van der Waals surface area (Å²) in [7, 11) is 1.88. The number of nitrogens with one attached hydrogen (secondary N) is 1. The maximum Gasteiger partial charge on any atom is 0.127 e. The summed E-state index contributed by atoms with van der Waals surface area (Å²) in [5.74, 6) is -0.462. The van der Waals surface area contributed by atoms with E-state index in [0.29, 0.717) is 5.56 Å². The molecule has 0 saturated carbocycles. The summed E-state index contributed by atoms with van der Waals surface area (Å²) in [5, 5.41) is 12.1. The molecule has 0 spiro atoms. The summed E-state index contributed by atoms with van der Waals surface area (Å²) in [6.07, 6.45) is 4.61. The van der Waals surface area contributed by atoms with Gasteiger partial charge in [0.15, 0.2) is 0 Å². The monoisotopic (exact) mass is 195 g/mol. The van der Waals surface area contributed by atoms with Crippen molar-refractivity contribution >= 4 is 6.08 Å². The molecule has 0 saturated heterocycles. The molecule has 2 N–H and O–H groups in total. The van der Waals surface area contributed by atoms with Crippen LogP contribution in [0.25, 0.3) is 6.08 Å². The van der Waals surface area contributed by atoms with Crippen molar-refractivity contribution in [2.24, 2.45) is 0 Å². The minimum absolute atomic E-state index is 0.0433. The van der Waals surface area contributed by atoms with Crippen LogP contribution in [0.4, 0.5) is 4.39 Å². The number of hydrogen-bond acceptors (Lipinski definition) is 2. The molecule has 0 radical (unpaired) electrons. The Morgan fingerprint density at radius 1 is 1.43 bits per heavy atom. The van der Waals surface area contributed by atoms with E-state index in [4.69, 9.17) is 5.11 Å². The van der Waals surface area contributed by atoms with E-state index in [9.17, 15) is 4.39 Å². The highest BCUT2D eigenvalue weighted by Crippen LogP contribution is 2.15.